The van der Waals surface area contributed by atoms with E-state index in [-0.39, 0.29) is 11.9 Å². The first kappa shape index (κ1) is 12.0. The number of nitrogens with one attached hydrogen (secondary N) is 1. The lowest BCUT2D eigenvalue weighted by molar-refractivity contribution is -0.384. The number of hydrogen-bond donors (Lipinski definition) is 1. The van der Waals surface area contributed by atoms with Crippen molar-refractivity contribution in [1.29, 1.82) is 0 Å². The van der Waals surface area contributed by atoms with Crippen LogP contribution in [0, 0.1) is 16.0 Å². The fraction of sp³-hybridized carbons (Fsp3) is 0.500. The van der Waals surface area contributed by atoms with E-state index in [2.05, 4.69) is 19.2 Å². The first-order valence-corrected chi connectivity index (χ1v) is 5.70. The summed E-state index contributed by atoms with van der Waals surface area (Å²) in [5.74, 6) is 0.512. The Morgan fingerprint density at radius 3 is 2.53 bits per heavy atom. The number of nitro groups is 1. The van der Waals surface area contributed by atoms with Crippen LogP contribution in [0.1, 0.15) is 25.6 Å². The van der Waals surface area contributed by atoms with Gasteiger partial charge in [0.25, 0.3) is 5.69 Å². The van der Waals surface area contributed by atoms with Crippen molar-refractivity contribution in [2.45, 2.75) is 26.1 Å². The summed E-state index contributed by atoms with van der Waals surface area (Å²) in [4.78, 5) is 10.1. The second-order valence-electron chi connectivity index (χ2n) is 4.58. The van der Waals surface area contributed by atoms with E-state index in [1.807, 2.05) is 0 Å². The Morgan fingerprint density at radius 1 is 1.41 bits per heavy atom. The van der Waals surface area contributed by atoms with Crippen LogP contribution < -0.4 is 5.32 Å². The van der Waals surface area contributed by atoms with Gasteiger partial charge in [-0.05, 0) is 23.6 Å². The molecule has 1 aliphatic heterocycles. The monoisotopic (exact) mass is 236 g/mol. The van der Waals surface area contributed by atoms with Crippen molar-refractivity contribution < 1.29 is 9.66 Å². The molecule has 0 aromatic heterocycles. The molecule has 0 bridgehead atoms. The predicted molar refractivity (Wildman–Crippen MR) is 63.6 cm³/mol. The normalized spacial score (nSPS) is 24.2. The molecule has 0 aliphatic carbocycles. The predicted octanol–water partition coefficient (Wildman–Crippen LogP) is 2.24. The van der Waals surface area contributed by atoms with Crippen LogP contribution in [-0.4, -0.2) is 17.6 Å². The molecule has 1 saturated heterocycles. The van der Waals surface area contributed by atoms with Crippen LogP contribution in [-0.2, 0) is 4.74 Å². The quantitative estimate of drug-likeness (QED) is 0.645. The molecule has 1 aromatic carbocycles. The summed E-state index contributed by atoms with van der Waals surface area (Å²) in [7, 11) is 0. The molecule has 0 unspecified atom stereocenters. The number of benzene rings is 1. The zero-order valence-electron chi connectivity index (χ0n) is 9.92. The maximum absolute atomic E-state index is 10.5. The molecule has 92 valence electrons. The summed E-state index contributed by atoms with van der Waals surface area (Å²) in [6, 6.07) is 6.82. The standard InChI is InChI=1S/C12H16N2O3/c1-8(2)11-7-17-12(13-11)9-3-5-10(6-4-9)14(15)16/h3-6,8,11-13H,7H2,1-2H3/t11-,12+/m1/s1. The first-order chi connectivity index (χ1) is 8.08. The second kappa shape index (κ2) is 4.81. The van der Waals surface area contributed by atoms with Gasteiger partial charge in [0.05, 0.1) is 11.5 Å². The summed E-state index contributed by atoms with van der Waals surface area (Å²) < 4.78 is 5.63. The van der Waals surface area contributed by atoms with Crippen molar-refractivity contribution in [1.82, 2.24) is 5.32 Å². The number of hydrogen-bond acceptors (Lipinski definition) is 4. The number of nitrogens with zero attached hydrogens (tertiary/aromatic N) is 1. The second-order valence-corrected chi connectivity index (χ2v) is 4.58. The van der Waals surface area contributed by atoms with Gasteiger partial charge in [-0.3, -0.25) is 15.4 Å². The Morgan fingerprint density at radius 2 is 2.06 bits per heavy atom. The highest BCUT2D eigenvalue weighted by Gasteiger charge is 2.27. The maximum atomic E-state index is 10.5. The largest absolute Gasteiger partial charge is 0.357 e. The van der Waals surface area contributed by atoms with Gasteiger partial charge in [0.1, 0.15) is 6.23 Å². The van der Waals surface area contributed by atoms with Crippen molar-refractivity contribution in [3.63, 3.8) is 0 Å². The minimum Gasteiger partial charge on any atom is -0.357 e. The van der Waals surface area contributed by atoms with Gasteiger partial charge >= 0.3 is 0 Å². The molecule has 1 heterocycles. The fourth-order valence-corrected chi connectivity index (χ4v) is 1.84. The molecular formula is C12H16N2O3. The number of non-ortho nitro benzene ring substituents is 1. The summed E-state index contributed by atoms with van der Waals surface area (Å²) in [6.45, 7) is 4.96. The van der Waals surface area contributed by atoms with Crippen molar-refractivity contribution in [3.8, 4) is 0 Å². The maximum Gasteiger partial charge on any atom is 0.269 e. The number of nitro benzene ring substituents is 1. The SMILES string of the molecule is CC(C)[C@H]1CO[C@@H](c2ccc([N+](=O)[O-])cc2)N1. The average molecular weight is 236 g/mol. The van der Waals surface area contributed by atoms with Crippen LogP contribution >= 0.6 is 0 Å². The van der Waals surface area contributed by atoms with Crippen LogP contribution in [0.3, 0.4) is 0 Å². The molecule has 5 heteroatoms. The van der Waals surface area contributed by atoms with E-state index in [1.54, 1.807) is 12.1 Å². The highest BCUT2D eigenvalue weighted by atomic mass is 16.6. The molecule has 0 amide bonds. The Labute approximate surface area is 99.9 Å². The van der Waals surface area contributed by atoms with E-state index in [0.29, 0.717) is 18.6 Å². The molecule has 0 spiro atoms. The van der Waals surface area contributed by atoms with Gasteiger partial charge in [0.15, 0.2) is 0 Å². The van der Waals surface area contributed by atoms with Gasteiger partial charge < -0.3 is 4.74 Å². The zero-order valence-corrected chi connectivity index (χ0v) is 9.92. The van der Waals surface area contributed by atoms with Crippen LogP contribution in [0.15, 0.2) is 24.3 Å². The van der Waals surface area contributed by atoms with Gasteiger partial charge in [-0.25, -0.2) is 0 Å². The molecule has 5 nitrogen and oxygen atoms in total. The first-order valence-electron chi connectivity index (χ1n) is 5.70. The summed E-state index contributed by atoms with van der Waals surface area (Å²) in [5, 5.41) is 13.9. The van der Waals surface area contributed by atoms with Gasteiger partial charge in [0.2, 0.25) is 0 Å². The smallest absolute Gasteiger partial charge is 0.269 e. The molecule has 17 heavy (non-hydrogen) atoms. The van der Waals surface area contributed by atoms with Crippen LogP contribution in [0.4, 0.5) is 5.69 Å². The van der Waals surface area contributed by atoms with E-state index in [9.17, 15) is 10.1 Å². The molecule has 1 aliphatic rings. The van der Waals surface area contributed by atoms with Gasteiger partial charge in [0, 0.05) is 18.2 Å². The Bertz CT molecular complexity index is 403. The van der Waals surface area contributed by atoms with E-state index < -0.39 is 4.92 Å². The third kappa shape index (κ3) is 2.62. The molecule has 2 atom stereocenters. The average Bonchev–Trinajstić information content (AvgIpc) is 2.78. The highest BCUT2D eigenvalue weighted by molar-refractivity contribution is 5.33. The Hall–Kier alpha value is -1.46. The molecule has 2 rings (SSSR count). The van der Waals surface area contributed by atoms with E-state index >= 15 is 0 Å². The summed E-state index contributed by atoms with van der Waals surface area (Å²) in [6.07, 6.45) is -0.150. The van der Waals surface area contributed by atoms with Crippen LogP contribution in [0.2, 0.25) is 0 Å². The minimum atomic E-state index is -0.399. The van der Waals surface area contributed by atoms with Gasteiger partial charge in [-0.1, -0.05) is 13.8 Å². The fourth-order valence-electron chi connectivity index (χ4n) is 1.84. The molecule has 0 radical (unpaired) electrons. The Balaban J connectivity index is 2.06. The van der Waals surface area contributed by atoms with Crippen molar-refractivity contribution >= 4 is 5.69 Å². The van der Waals surface area contributed by atoms with E-state index in [0.717, 1.165) is 5.56 Å². The molecular weight excluding hydrogens is 220 g/mol. The Kier molecular flexibility index (Phi) is 3.40. The lowest BCUT2D eigenvalue weighted by Crippen LogP contribution is -2.30. The third-order valence-corrected chi connectivity index (χ3v) is 3.02. The van der Waals surface area contributed by atoms with Crippen molar-refractivity contribution in [3.05, 3.63) is 39.9 Å². The van der Waals surface area contributed by atoms with E-state index in [1.165, 1.54) is 12.1 Å². The third-order valence-electron chi connectivity index (χ3n) is 3.02. The summed E-state index contributed by atoms with van der Waals surface area (Å²) >= 11 is 0. The van der Waals surface area contributed by atoms with Crippen molar-refractivity contribution in [2.75, 3.05) is 6.61 Å². The number of ether oxygens (including phenoxy) is 1. The molecule has 1 aromatic rings. The molecule has 1 N–H and O–H groups in total. The molecule has 0 saturated carbocycles. The topological polar surface area (TPSA) is 64.4 Å². The lowest BCUT2D eigenvalue weighted by atomic mass is 10.1. The van der Waals surface area contributed by atoms with Crippen LogP contribution in [0.5, 0.6) is 0 Å². The van der Waals surface area contributed by atoms with Crippen molar-refractivity contribution in [2.24, 2.45) is 5.92 Å². The highest BCUT2D eigenvalue weighted by Crippen LogP contribution is 2.24. The van der Waals surface area contributed by atoms with Gasteiger partial charge in [-0.2, -0.15) is 0 Å². The van der Waals surface area contributed by atoms with E-state index in [4.69, 9.17) is 4.74 Å². The molecule has 1 fully saturated rings. The van der Waals surface area contributed by atoms with Crippen LogP contribution in [0.25, 0.3) is 0 Å². The number of rotatable bonds is 3. The lowest BCUT2D eigenvalue weighted by Gasteiger charge is -2.14. The summed E-state index contributed by atoms with van der Waals surface area (Å²) in [5.41, 5.74) is 1.03. The zero-order chi connectivity index (χ0) is 12.4. The van der Waals surface area contributed by atoms with Gasteiger partial charge in [-0.15, -0.1) is 0 Å². The minimum absolute atomic E-state index is 0.104.